The molecule has 1 aliphatic rings. The average Bonchev–Trinajstić information content (AvgIpc) is 3.43. The van der Waals surface area contributed by atoms with E-state index in [1.54, 1.807) is 44.9 Å². The number of carbonyl (C=O) groups excluding carboxylic acids is 2. The van der Waals surface area contributed by atoms with Gasteiger partial charge in [-0.25, -0.2) is 4.68 Å². The Bertz CT molecular complexity index is 1050. The van der Waals surface area contributed by atoms with Gasteiger partial charge in [-0.1, -0.05) is 17.7 Å². The highest BCUT2D eigenvalue weighted by Gasteiger charge is 2.29. The molecule has 9 heteroatoms. The third-order valence-corrected chi connectivity index (χ3v) is 5.49. The Hall–Kier alpha value is -3.13. The number of amides is 2. The first-order valence-corrected chi connectivity index (χ1v) is 10.4. The predicted molar refractivity (Wildman–Crippen MR) is 114 cm³/mol. The van der Waals surface area contributed by atoms with Crippen LogP contribution in [0.5, 0.6) is 0 Å². The molecule has 3 aromatic rings. The van der Waals surface area contributed by atoms with E-state index in [9.17, 15) is 9.59 Å². The van der Waals surface area contributed by atoms with Gasteiger partial charge in [0.05, 0.1) is 17.6 Å². The van der Waals surface area contributed by atoms with Gasteiger partial charge in [0.2, 0.25) is 5.91 Å². The first kappa shape index (κ1) is 20.2. The number of hydrogen-bond acceptors (Lipinski definition) is 4. The number of carbonyl (C=O) groups is 2. The van der Waals surface area contributed by atoms with Crippen LogP contribution >= 0.6 is 11.6 Å². The molecule has 1 aliphatic heterocycles. The van der Waals surface area contributed by atoms with Gasteiger partial charge in [-0.2, -0.15) is 10.2 Å². The number of piperidine rings is 1. The van der Waals surface area contributed by atoms with E-state index in [4.69, 9.17) is 11.6 Å². The Labute approximate surface area is 179 Å². The van der Waals surface area contributed by atoms with E-state index in [1.165, 1.54) is 0 Å². The van der Waals surface area contributed by atoms with Crippen LogP contribution in [0.4, 0.5) is 5.69 Å². The molecule has 0 atom stereocenters. The van der Waals surface area contributed by atoms with E-state index in [0.29, 0.717) is 42.3 Å². The molecule has 1 fully saturated rings. The Balaban J connectivity index is 1.33. The maximum absolute atomic E-state index is 12.8. The standard InChI is InChI=1S/C21H23ClN6O2/c1-2-27-14-17(13-23-27)24-20(29)15-6-9-26(10-7-15)21(30)19-8-11-28(25-19)18-5-3-4-16(22)12-18/h3-5,8,11-15H,2,6-7,9-10H2,1H3,(H,24,29). The lowest BCUT2D eigenvalue weighted by molar-refractivity contribution is -0.121. The number of rotatable bonds is 5. The maximum atomic E-state index is 12.8. The van der Waals surface area contributed by atoms with Crippen molar-refractivity contribution in [3.63, 3.8) is 0 Å². The molecule has 3 heterocycles. The molecule has 1 N–H and O–H groups in total. The molecule has 1 saturated heterocycles. The lowest BCUT2D eigenvalue weighted by Gasteiger charge is -2.30. The largest absolute Gasteiger partial charge is 0.337 e. The highest BCUT2D eigenvalue weighted by molar-refractivity contribution is 6.30. The van der Waals surface area contributed by atoms with Crippen molar-refractivity contribution in [3.8, 4) is 5.69 Å². The fourth-order valence-electron chi connectivity index (χ4n) is 3.55. The van der Waals surface area contributed by atoms with Gasteiger partial charge >= 0.3 is 0 Å². The van der Waals surface area contributed by atoms with Gasteiger partial charge in [0.1, 0.15) is 0 Å². The first-order chi connectivity index (χ1) is 14.5. The summed E-state index contributed by atoms with van der Waals surface area (Å²) in [4.78, 5) is 27.1. The Kier molecular flexibility index (Phi) is 5.85. The molecule has 156 valence electrons. The number of benzene rings is 1. The fraction of sp³-hybridized carbons (Fsp3) is 0.333. The molecular formula is C21H23ClN6O2. The summed E-state index contributed by atoms with van der Waals surface area (Å²) in [7, 11) is 0. The van der Waals surface area contributed by atoms with E-state index in [1.807, 2.05) is 25.3 Å². The van der Waals surface area contributed by atoms with Crippen molar-refractivity contribution in [3.05, 3.63) is 59.6 Å². The number of likely N-dealkylation sites (tertiary alicyclic amines) is 1. The number of anilines is 1. The monoisotopic (exact) mass is 426 g/mol. The normalized spacial score (nSPS) is 14.7. The Morgan fingerprint density at radius 1 is 1.23 bits per heavy atom. The van der Waals surface area contributed by atoms with Crippen molar-refractivity contribution >= 4 is 29.1 Å². The highest BCUT2D eigenvalue weighted by atomic mass is 35.5. The minimum Gasteiger partial charge on any atom is -0.337 e. The Morgan fingerprint density at radius 3 is 2.73 bits per heavy atom. The molecule has 0 radical (unpaired) electrons. The topological polar surface area (TPSA) is 85.0 Å². The molecule has 1 aromatic carbocycles. The zero-order chi connectivity index (χ0) is 21.1. The second-order valence-electron chi connectivity index (χ2n) is 7.27. The van der Waals surface area contributed by atoms with E-state index in [0.717, 1.165) is 12.2 Å². The van der Waals surface area contributed by atoms with Gasteiger partial charge in [0.15, 0.2) is 5.69 Å². The third-order valence-electron chi connectivity index (χ3n) is 5.26. The van der Waals surface area contributed by atoms with Crippen LogP contribution in [0.25, 0.3) is 5.69 Å². The summed E-state index contributed by atoms with van der Waals surface area (Å²) in [6.07, 6.45) is 6.45. The summed E-state index contributed by atoms with van der Waals surface area (Å²) in [6.45, 7) is 3.79. The fourth-order valence-corrected chi connectivity index (χ4v) is 3.74. The maximum Gasteiger partial charge on any atom is 0.274 e. The number of aryl methyl sites for hydroxylation is 1. The van der Waals surface area contributed by atoms with Crippen LogP contribution in [0.2, 0.25) is 5.02 Å². The van der Waals surface area contributed by atoms with Crippen LogP contribution in [0.15, 0.2) is 48.9 Å². The summed E-state index contributed by atoms with van der Waals surface area (Å²) in [6, 6.07) is 8.99. The van der Waals surface area contributed by atoms with Crippen molar-refractivity contribution in [2.24, 2.45) is 5.92 Å². The number of nitrogens with one attached hydrogen (secondary N) is 1. The predicted octanol–water partition coefficient (Wildman–Crippen LogP) is 3.23. The molecule has 0 spiro atoms. The molecule has 30 heavy (non-hydrogen) atoms. The van der Waals surface area contributed by atoms with Crippen LogP contribution in [0, 0.1) is 5.92 Å². The zero-order valence-corrected chi connectivity index (χ0v) is 17.4. The van der Waals surface area contributed by atoms with Gasteiger partial charge in [0.25, 0.3) is 5.91 Å². The molecule has 0 aliphatic carbocycles. The molecular weight excluding hydrogens is 404 g/mol. The molecule has 0 saturated carbocycles. The molecule has 2 aromatic heterocycles. The summed E-state index contributed by atoms with van der Waals surface area (Å²) in [5.41, 5.74) is 1.88. The van der Waals surface area contributed by atoms with Crippen LogP contribution in [0.1, 0.15) is 30.3 Å². The summed E-state index contributed by atoms with van der Waals surface area (Å²) >= 11 is 6.03. The first-order valence-electron chi connectivity index (χ1n) is 9.97. The van der Waals surface area contributed by atoms with Gasteiger partial charge in [-0.15, -0.1) is 0 Å². The second-order valence-corrected chi connectivity index (χ2v) is 7.70. The summed E-state index contributed by atoms with van der Waals surface area (Å²) in [5.74, 6) is -0.273. The summed E-state index contributed by atoms with van der Waals surface area (Å²) in [5, 5.41) is 12.1. The van der Waals surface area contributed by atoms with Crippen molar-refractivity contribution < 1.29 is 9.59 Å². The van der Waals surface area contributed by atoms with Crippen LogP contribution in [-0.2, 0) is 11.3 Å². The van der Waals surface area contributed by atoms with E-state index < -0.39 is 0 Å². The van der Waals surface area contributed by atoms with Crippen LogP contribution in [0.3, 0.4) is 0 Å². The van der Waals surface area contributed by atoms with Crippen molar-refractivity contribution in [1.82, 2.24) is 24.5 Å². The lowest BCUT2D eigenvalue weighted by atomic mass is 9.95. The molecule has 2 amide bonds. The second kappa shape index (κ2) is 8.71. The van der Waals surface area contributed by atoms with E-state index in [2.05, 4.69) is 15.5 Å². The summed E-state index contributed by atoms with van der Waals surface area (Å²) < 4.78 is 3.40. The lowest BCUT2D eigenvalue weighted by Crippen LogP contribution is -2.41. The van der Waals surface area contributed by atoms with Crippen LogP contribution < -0.4 is 5.32 Å². The molecule has 8 nitrogen and oxygen atoms in total. The quantitative estimate of drug-likeness (QED) is 0.678. The van der Waals surface area contributed by atoms with E-state index in [-0.39, 0.29) is 17.7 Å². The van der Waals surface area contributed by atoms with Crippen molar-refractivity contribution in [2.45, 2.75) is 26.3 Å². The number of hydrogen-bond donors (Lipinski definition) is 1. The minimum absolute atomic E-state index is 0.0250. The van der Waals surface area contributed by atoms with Gasteiger partial charge < -0.3 is 10.2 Å². The third kappa shape index (κ3) is 4.38. The molecule has 0 bridgehead atoms. The average molecular weight is 427 g/mol. The number of halogens is 1. The SMILES string of the molecule is CCn1cc(NC(=O)C2CCN(C(=O)c3ccn(-c4cccc(Cl)c4)n3)CC2)cn1. The van der Waals surface area contributed by atoms with Crippen molar-refractivity contribution in [1.29, 1.82) is 0 Å². The molecule has 4 rings (SSSR count). The van der Waals surface area contributed by atoms with Gasteiger partial charge in [-0.3, -0.25) is 14.3 Å². The minimum atomic E-state index is -0.126. The van der Waals surface area contributed by atoms with Crippen molar-refractivity contribution in [2.75, 3.05) is 18.4 Å². The highest BCUT2D eigenvalue weighted by Crippen LogP contribution is 2.21. The number of aromatic nitrogens is 4. The molecule has 0 unspecified atom stereocenters. The zero-order valence-electron chi connectivity index (χ0n) is 16.7. The van der Waals surface area contributed by atoms with Gasteiger partial charge in [-0.05, 0) is 44.0 Å². The smallest absolute Gasteiger partial charge is 0.274 e. The van der Waals surface area contributed by atoms with Crippen LogP contribution in [-0.4, -0.2) is 49.4 Å². The number of nitrogens with zero attached hydrogens (tertiary/aromatic N) is 5. The van der Waals surface area contributed by atoms with Gasteiger partial charge in [0, 0.05) is 43.0 Å². The Morgan fingerprint density at radius 2 is 2.03 bits per heavy atom. The van der Waals surface area contributed by atoms with E-state index >= 15 is 0 Å².